The van der Waals surface area contributed by atoms with Crippen molar-refractivity contribution in [1.29, 1.82) is 0 Å². The maximum Gasteiger partial charge on any atom is 0.266 e. The van der Waals surface area contributed by atoms with Crippen LogP contribution in [-0.4, -0.2) is 38.4 Å². The monoisotopic (exact) mass is 543 g/mol. The van der Waals surface area contributed by atoms with Crippen molar-refractivity contribution in [2.45, 2.75) is 24.3 Å². The zero-order valence-corrected chi connectivity index (χ0v) is 21.0. The SMILES string of the molecule is CC(=O)N[C@@H]1CCN(c2cc(Cl)ccc2Nc2cc(F)c(S(=O)(=O)Nc3cscn3)cc2Cl)C1. The molecule has 13 heteroatoms. The van der Waals surface area contributed by atoms with Crippen LogP contribution in [0.3, 0.4) is 0 Å². The maximum absolute atomic E-state index is 14.9. The highest BCUT2D eigenvalue weighted by molar-refractivity contribution is 7.92. The van der Waals surface area contributed by atoms with Crippen LogP contribution in [0, 0.1) is 5.82 Å². The summed E-state index contributed by atoms with van der Waals surface area (Å²) in [7, 11) is -4.22. The van der Waals surface area contributed by atoms with Gasteiger partial charge in [0.2, 0.25) is 5.91 Å². The highest BCUT2D eigenvalue weighted by atomic mass is 35.5. The van der Waals surface area contributed by atoms with Crippen LogP contribution in [0.15, 0.2) is 46.1 Å². The molecule has 2 aromatic carbocycles. The molecule has 1 saturated heterocycles. The molecular formula is C21H20Cl2FN5O3S2. The molecule has 1 aromatic heterocycles. The first-order valence-electron chi connectivity index (χ1n) is 10.1. The molecule has 0 spiro atoms. The molecular weight excluding hydrogens is 524 g/mol. The topological polar surface area (TPSA) is 103 Å². The van der Waals surface area contributed by atoms with E-state index in [1.165, 1.54) is 29.2 Å². The summed E-state index contributed by atoms with van der Waals surface area (Å²) in [6, 6.07) is 7.25. The van der Waals surface area contributed by atoms with Crippen LogP contribution in [0.4, 0.5) is 27.3 Å². The van der Waals surface area contributed by atoms with E-state index in [4.69, 9.17) is 23.2 Å². The van der Waals surface area contributed by atoms with Crippen LogP contribution in [-0.2, 0) is 14.8 Å². The van der Waals surface area contributed by atoms with Crippen molar-refractivity contribution in [3.63, 3.8) is 0 Å². The molecule has 0 aliphatic carbocycles. The van der Waals surface area contributed by atoms with Crippen molar-refractivity contribution in [2.24, 2.45) is 0 Å². The average molecular weight is 544 g/mol. The zero-order chi connectivity index (χ0) is 24.5. The number of nitrogens with zero attached hydrogens (tertiary/aromatic N) is 2. The number of hydrogen-bond acceptors (Lipinski definition) is 7. The van der Waals surface area contributed by atoms with Gasteiger partial charge in [0.05, 0.1) is 27.6 Å². The lowest BCUT2D eigenvalue weighted by Gasteiger charge is -2.23. The van der Waals surface area contributed by atoms with Gasteiger partial charge < -0.3 is 15.5 Å². The number of amides is 1. The molecule has 0 radical (unpaired) electrons. The van der Waals surface area contributed by atoms with Gasteiger partial charge >= 0.3 is 0 Å². The van der Waals surface area contributed by atoms with Gasteiger partial charge in [0.25, 0.3) is 10.0 Å². The van der Waals surface area contributed by atoms with Gasteiger partial charge in [-0.25, -0.2) is 17.8 Å². The van der Waals surface area contributed by atoms with E-state index in [1.807, 2.05) is 0 Å². The first kappa shape index (κ1) is 24.5. The Bertz CT molecular complexity index is 1320. The summed E-state index contributed by atoms with van der Waals surface area (Å²) in [5.41, 5.74) is 2.99. The Morgan fingerprint density at radius 2 is 2.03 bits per heavy atom. The van der Waals surface area contributed by atoms with Crippen LogP contribution < -0.4 is 20.3 Å². The molecule has 1 amide bonds. The largest absolute Gasteiger partial charge is 0.368 e. The maximum atomic E-state index is 14.9. The number of rotatable bonds is 7. The molecule has 4 rings (SSSR count). The molecule has 1 aliphatic heterocycles. The minimum Gasteiger partial charge on any atom is -0.368 e. The molecule has 1 aliphatic rings. The Hall–Kier alpha value is -2.60. The number of hydrogen-bond donors (Lipinski definition) is 3. The van der Waals surface area contributed by atoms with Crippen molar-refractivity contribution in [3.05, 3.63) is 57.1 Å². The molecule has 1 atom stereocenters. The molecule has 3 N–H and O–H groups in total. The number of sulfonamides is 1. The first-order valence-corrected chi connectivity index (χ1v) is 13.3. The van der Waals surface area contributed by atoms with E-state index in [2.05, 4.69) is 25.2 Å². The molecule has 1 fully saturated rings. The summed E-state index contributed by atoms with van der Waals surface area (Å²) in [5, 5.41) is 8.00. The molecule has 0 saturated carbocycles. The van der Waals surface area contributed by atoms with E-state index >= 15 is 0 Å². The minimum atomic E-state index is -4.22. The van der Waals surface area contributed by atoms with Gasteiger partial charge in [-0.2, -0.15) is 0 Å². The third-order valence-corrected chi connectivity index (χ3v) is 7.65. The number of carbonyl (C=O) groups is 1. The van der Waals surface area contributed by atoms with E-state index in [-0.39, 0.29) is 28.5 Å². The summed E-state index contributed by atoms with van der Waals surface area (Å²) in [6.07, 6.45) is 0.763. The summed E-state index contributed by atoms with van der Waals surface area (Å²) in [4.78, 5) is 16.7. The van der Waals surface area contributed by atoms with Gasteiger partial charge in [-0.1, -0.05) is 23.2 Å². The van der Waals surface area contributed by atoms with Crippen molar-refractivity contribution < 1.29 is 17.6 Å². The Balaban J connectivity index is 1.60. The van der Waals surface area contributed by atoms with Gasteiger partial charge in [0.1, 0.15) is 10.7 Å². The van der Waals surface area contributed by atoms with Gasteiger partial charge in [-0.15, -0.1) is 11.3 Å². The van der Waals surface area contributed by atoms with Crippen molar-refractivity contribution in [1.82, 2.24) is 10.3 Å². The van der Waals surface area contributed by atoms with E-state index in [9.17, 15) is 17.6 Å². The number of nitrogens with one attached hydrogen (secondary N) is 3. The third-order valence-electron chi connectivity index (χ3n) is 5.15. The highest BCUT2D eigenvalue weighted by Gasteiger charge is 2.26. The lowest BCUT2D eigenvalue weighted by molar-refractivity contribution is -0.119. The summed E-state index contributed by atoms with van der Waals surface area (Å²) >= 11 is 13.8. The first-order chi connectivity index (χ1) is 16.1. The van der Waals surface area contributed by atoms with Crippen molar-refractivity contribution in [2.75, 3.05) is 28.0 Å². The predicted octanol–water partition coefficient (Wildman–Crippen LogP) is 4.85. The Kier molecular flexibility index (Phi) is 7.17. The number of aromatic nitrogens is 1. The quantitative estimate of drug-likeness (QED) is 0.393. The van der Waals surface area contributed by atoms with Crippen LogP contribution in [0.5, 0.6) is 0 Å². The van der Waals surface area contributed by atoms with Crippen molar-refractivity contribution in [3.8, 4) is 0 Å². The molecule has 180 valence electrons. The van der Waals surface area contributed by atoms with E-state index < -0.39 is 20.7 Å². The second kappa shape index (κ2) is 9.95. The van der Waals surface area contributed by atoms with Crippen LogP contribution in [0.1, 0.15) is 13.3 Å². The second-order valence-corrected chi connectivity index (χ2v) is 10.9. The lowest BCUT2D eigenvalue weighted by Crippen LogP contribution is -2.35. The number of carbonyl (C=O) groups excluding carboxylic acids is 1. The van der Waals surface area contributed by atoms with Gasteiger partial charge in [0, 0.05) is 42.5 Å². The van der Waals surface area contributed by atoms with E-state index in [0.29, 0.717) is 23.8 Å². The molecule has 34 heavy (non-hydrogen) atoms. The number of thiazole rings is 1. The number of anilines is 4. The summed E-state index contributed by atoms with van der Waals surface area (Å²) in [5.74, 6) is -0.980. The Morgan fingerprint density at radius 1 is 1.24 bits per heavy atom. The summed E-state index contributed by atoms with van der Waals surface area (Å²) < 4.78 is 42.3. The predicted molar refractivity (Wildman–Crippen MR) is 134 cm³/mol. The number of halogens is 3. The van der Waals surface area contributed by atoms with E-state index in [1.54, 1.807) is 18.2 Å². The van der Waals surface area contributed by atoms with Gasteiger partial charge in [-0.05, 0) is 30.7 Å². The van der Waals surface area contributed by atoms with Crippen LogP contribution >= 0.6 is 34.5 Å². The molecule has 8 nitrogen and oxygen atoms in total. The van der Waals surface area contributed by atoms with Crippen LogP contribution in [0.25, 0.3) is 0 Å². The van der Waals surface area contributed by atoms with E-state index in [0.717, 1.165) is 24.2 Å². The Morgan fingerprint density at radius 3 is 2.74 bits per heavy atom. The fraction of sp³-hybridized carbons (Fsp3) is 0.238. The highest BCUT2D eigenvalue weighted by Crippen LogP contribution is 2.37. The summed E-state index contributed by atoms with van der Waals surface area (Å²) in [6.45, 7) is 2.74. The molecule has 0 bridgehead atoms. The number of benzene rings is 2. The zero-order valence-electron chi connectivity index (χ0n) is 17.8. The van der Waals surface area contributed by atoms with Gasteiger partial charge in [-0.3, -0.25) is 9.52 Å². The Labute approximate surface area is 210 Å². The second-order valence-electron chi connectivity index (χ2n) is 7.66. The standard InChI is InChI=1S/C21H20Cl2FN5O3S2/c1-12(30)26-14-4-5-29(9-14)19-6-13(22)2-3-17(19)27-18-8-16(24)20(7-15(18)23)34(31,32)28-21-10-33-11-25-21/h2-3,6-8,10-11,14,27-28H,4-5,9H2,1H3,(H,26,30)/t14-/m1/s1. The fourth-order valence-corrected chi connectivity index (χ4v) is 5.77. The molecule has 3 aromatic rings. The lowest BCUT2D eigenvalue weighted by atomic mass is 10.2. The van der Waals surface area contributed by atoms with Crippen molar-refractivity contribution >= 4 is 73.3 Å². The third kappa shape index (κ3) is 5.54. The minimum absolute atomic E-state index is 0.0000658. The average Bonchev–Trinajstić information content (AvgIpc) is 3.43. The van der Waals surface area contributed by atoms with Crippen LogP contribution in [0.2, 0.25) is 10.0 Å². The smallest absolute Gasteiger partial charge is 0.266 e. The molecule has 0 unspecified atom stereocenters. The van der Waals surface area contributed by atoms with Gasteiger partial charge in [0.15, 0.2) is 5.82 Å². The fourth-order valence-electron chi connectivity index (χ4n) is 3.69. The molecule has 2 heterocycles. The normalized spacial score (nSPS) is 15.9.